The van der Waals surface area contributed by atoms with Crippen molar-refractivity contribution in [2.75, 3.05) is 5.32 Å². The summed E-state index contributed by atoms with van der Waals surface area (Å²) in [6, 6.07) is 2.28. The molecule has 1 aliphatic rings. The third-order valence-corrected chi connectivity index (χ3v) is 5.35. The highest BCUT2D eigenvalue weighted by atomic mass is 32.1. The molecular weight excluding hydrogens is 268 g/mol. The van der Waals surface area contributed by atoms with Crippen LogP contribution in [0.5, 0.6) is 0 Å². The zero-order chi connectivity index (χ0) is 14.9. The summed E-state index contributed by atoms with van der Waals surface area (Å²) < 4.78 is 0. The normalized spacial score (nSPS) is 18.2. The fourth-order valence-electron chi connectivity index (χ4n) is 2.75. The molecule has 1 atom stereocenters. The van der Waals surface area contributed by atoms with E-state index in [1.165, 1.54) is 10.4 Å². The van der Waals surface area contributed by atoms with Crippen molar-refractivity contribution in [1.29, 1.82) is 5.26 Å². The van der Waals surface area contributed by atoms with Gasteiger partial charge < -0.3 is 5.32 Å². The predicted molar refractivity (Wildman–Crippen MR) is 82.9 cm³/mol. The second-order valence-corrected chi connectivity index (χ2v) is 7.63. The molecule has 0 aliphatic heterocycles. The summed E-state index contributed by atoms with van der Waals surface area (Å²) in [5, 5.41) is 13.0. The van der Waals surface area contributed by atoms with Crippen LogP contribution in [0.25, 0.3) is 0 Å². The fraction of sp³-hybridized carbons (Fsp3) is 0.625. The van der Waals surface area contributed by atoms with E-state index in [1.807, 2.05) is 6.92 Å². The van der Waals surface area contributed by atoms with E-state index >= 15 is 0 Å². The summed E-state index contributed by atoms with van der Waals surface area (Å²) in [7, 11) is 0. The lowest BCUT2D eigenvalue weighted by Crippen LogP contribution is -2.26. The Morgan fingerprint density at radius 1 is 1.50 bits per heavy atom. The van der Waals surface area contributed by atoms with Crippen LogP contribution in [0.15, 0.2) is 0 Å². The third kappa shape index (κ3) is 2.88. The van der Waals surface area contributed by atoms with Crippen LogP contribution in [-0.2, 0) is 17.6 Å². The first-order valence-electron chi connectivity index (χ1n) is 7.21. The molecule has 0 unspecified atom stereocenters. The van der Waals surface area contributed by atoms with Crippen LogP contribution in [0.3, 0.4) is 0 Å². The maximum absolute atomic E-state index is 11.6. The van der Waals surface area contributed by atoms with E-state index in [2.05, 4.69) is 32.2 Å². The Hall–Kier alpha value is -1.34. The van der Waals surface area contributed by atoms with Crippen LogP contribution < -0.4 is 5.32 Å². The minimum atomic E-state index is -0.0209. The van der Waals surface area contributed by atoms with Crippen molar-refractivity contribution in [3.8, 4) is 6.07 Å². The molecule has 1 N–H and O–H groups in total. The Morgan fingerprint density at radius 3 is 2.75 bits per heavy atom. The molecule has 0 saturated heterocycles. The van der Waals surface area contributed by atoms with Crippen LogP contribution in [0.4, 0.5) is 5.00 Å². The summed E-state index contributed by atoms with van der Waals surface area (Å²) in [5.74, 6) is 0.627. The lowest BCUT2D eigenvalue weighted by atomic mass is 9.72. The molecule has 0 bridgehead atoms. The van der Waals surface area contributed by atoms with Gasteiger partial charge in [0.05, 0.1) is 5.56 Å². The molecule has 2 rings (SSSR count). The summed E-state index contributed by atoms with van der Waals surface area (Å²) in [4.78, 5) is 12.9. The molecule has 1 aromatic heterocycles. The van der Waals surface area contributed by atoms with Crippen molar-refractivity contribution in [3.05, 3.63) is 16.0 Å². The van der Waals surface area contributed by atoms with Crippen molar-refractivity contribution < 1.29 is 4.79 Å². The topological polar surface area (TPSA) is 52.9 Å². The Morgan fingerprint density at radius 2 is 2.20 bits per heavy atom. The highest BCUT2D eigenvalue weighted by Crippen LogP contribution is 2.43. The van der Waals surface area contributed by atoms with E-state index < -0.39 is 0 Å². The number of nitrogens with zero attached hydrogens (tertiary/aromatic N) is 1. The van der Waals surface area contributed by atoms with Gasteiger partial charge in [-0.1, -0.05) is 27.7 Å². The number of hydrogen-bond donors (Lipinski definition) is 1. The van der Waals surface area contributed by atoms with E-state index in [4.69, 9.17) is 0 Å². The zero-order valence-electron chi connectivity index (χ0n) is 12.7. The van der Waals surface area contributed by atoms with Crippen LogP contribution >= 0.6 is 11.3 Å². The van der Waals surface area contributed by atoms with Gasteiger partial charge in [0, 0.05) is 11.3 Å². The van der Waals surface area contributed by atoms with Gasteiger partial charge >= 0.3 is 0 Å². The Balaban J connectivity index is 2.31. The molecular formula is C16H22N2OS. The van der Waals surface area contributed by atoms with Gasteiger partial charge in [0.1, 0.15) is 11.1 Å². The number of nitrogens with one attached hydrogen (secondary N) is 1. The van der Waals surface area contributed by atoms with E-state index in [-0.39, 0.29) is 5.91 Å². The minimum absolute atomic E-state index is 0.0209. The third-order valence-electron chi connectivity index (χ3n) is 4.18. The maximum Gasteiger partial charge on any atom is 0.224 e. The van der Waals surface area contributed by atoms with Crippen molar-refractivity contribution in [1.82, 2.24) is 0 Å². The number of rotatable bonds is 2. The van der Waals surface area contributed by atoms with Gasteiger partial charge in [-0.25, -0.2) is 0 Å². The molecule has 4 heteroatoms. The first-order chi connectivity index (χ1) is 9.36. The number of carbonyl (C=O) groups excluding carboxylic acids is 1. The predicted octanol–water partition coefficient (Wildman–Crippen LogP) is 4.12. The molecule has 1 aromatic rings. The van der Waals surface area contributed by atoms with Crippen LogP contribution in [0.2, 0.25) is 0 Å². The van der Waals surface area contributed by atoms with Gasteiger partial charge in [-0.2, -0.15) is 5.26 Å². The van der Waals surface area contributed by atoms with Crippen LogP contribution in [-0.4, -0.2) is 5.91 Å². The SMILES string of the molecule is CCC(=O)Nc1sc2c(c1C#N)CC[C@H](C(C)(C)C)C2. The summed E-state index contributed by atoms with van der Waals surface area (Å²) in [5.41, 5.74) is 2.16. The average molecular weight is 290 g/mol. The van der Waals surface area contributed by atoms with E-state index in [0.29, 0.717) is 23.3 Å². The number of thiophene rings is 1. The van der Waals surface area contributed by atoms with Crippen LogP contribution in [0.1, 0.15) is 56.5 Å². The lowest BCUT2D eigenvalue weighted by Gasteiger charge is -2.33. The van der Waals surface area contributed by atoms with Crippen molar-refractivity contribution in [2.45, 2.75) is 53.4 Å². The Bertz CT molecular complexity index is 560. The number of nitriles is 1. The molecule has 0 aromatic carbocycles. The summed E-state index contributed by atoms with van der Waals surface area (Å²) >= 11 is 1.60. The molecule has 1 aliphatic carbocycles. The van der Waals surface area contributed by atoms with Crippen molar-refractivity contribution in [2.24, 2.45) is 11.3 Å². The molecule has 0 spiro atoms. The van der Waals surface area contributed by atoms with Gasteiger partial charge in [-0.05, 0) is 36.2 Å². The van der Waals surface area contributed by atoms with Gasteiger partial charge in [-0.15, -0.1) is 11.3 Å². The second-order valence-electron chi connectivity index (χ2n) is 6.53. The molecule has 1 amide bonds. The maximum atomic E-state index is 11.6. The van der Waals surface area contributed by atoms with Gasteiger partial charge in [0.15, 0.2) is 0 Å². The molecule has 1 heterocycles. The van der Waals surface area contributed by atoms with Gasteiger partial charge in [-0.3, -0.25) is 4.79 Å². The van der Waals surface area contributed by atoms with E-state index in [0.717, 1.165) is 24.3 Å². The zero-order valence-corrected chi connectivity index (χ0v) is 13.5. The first kappa shape index (κ1) is 15.1. The quantitative estimate of drug-likeness (QED) is 0.890. The van der Waals surface area contributed by atoms with Crippen molar-refractivity contribution in [3.63, 3.8) is 0 Å². The van der Waals surface area contributed by atoms with E-state index in [9.17, 15) is 10.1 Å². The highest BCUT2D eigenvalue weighted by Gasteiger charge is 2.32. The molecule has 20 heavy (non-hydrogen) atoms. The van der Waals surface area contributed by atoms with Gasteiger partial charge in [0.2, 0.25) is 5.91 Å². The molecule has 108 valence electrons. The number of carbonyl (C=O) groups is 1. The first-order valence-corrected chi connectivity index (χ1v) is 8.03. The Labute approximate surface area is 125 Å². The molecule has 3 nitrogen and oxygen atoms in total. The second kappa shape index (κ2) is 5.57. The number of fused-ring (bicyclic) bond motifs is 1. The summed E-state index contributed by atoms with van der Waals surface area (Å²) in [6.45, 7) is 8.66. The van der Waals surface area contributed by atoms with Crippen LogP contribution in [0, 0.1) is 22.7 Å². The smallest absolute Gasteiger partial charge is 0.224 e. The molecule has 0 saturated carbocycles. The van der Waals surface area contributed by atoms with Gasteiger partial charge in [0.25, 0.3) is 0 Å². The number of anilines is 1. The average Bonchev–Trinajstić information content (AvgIpc) is 2.73. The summed E-state index contributed by atoms with van der Waals surface area (Å²) in [6.07, 6.45) is 3.56. The number of hydrogen-bond acceptors (Lipinski definition) is 3. The van der Waals surface area contributed by atoms with Crippen molar-refractivity contribution >= 4 is 22.2 Å². The largest absolute Gasteiger partial charge is 0.317 e. The lowest BCUT2D eigenvalue weighted by molar-refractivity contribution is -0.115. The molecule has 0 radical (unpaired) electrons. The Kier molecular flexibility index (Phi) is 4.19. The molecule has 0 fully saturated rings. The fourth-order valence-corrected chi connectivity index (χ4v) is 4.04. The standard InChI is InChI=1S/C16H22N2OS/c1-5-14(19)18-15-12(9-17)11-7-6-10(16(2,3)4)8-13(11)20-15/h10H,5-8H2,1-4H3,(H,18,19)/t10-/m0/s1. The number of amides is 1. The monoisotopic (exact) mass is 290 g/mol. The highest BCUT2D eigenvalue weighted by molar-refractivity contribution is 7.16. The minimum Gasteiger partial charge on any atom is -0.317 e. The van der Waals surface area contributed by atoms with E-state index in [1.54, 1.807) is 11.3 Å².